The molecule has 28 heavy (non-hydrogen) atoms. The van der Waals surface area contributed by atoms with E-state index in [4.69, 9.17) is 9.47 Å². The molecule has 2 rings (SSSR count). The summed E-state index contributed by atoms with van der Waals surface area (Å²) in [6.07, 6.45) is 0.988. The molecule has 0 unspecified atom stereocenters. The number of halogens is 1. The van der Waals surface area contributed by atoms with Gasteiger partial charge in [-0.1, -0.05) is 0 Å². The summed E-state index contributed by atoms with van der Waals surface area (Å²) in [6.45, 7) is 2.44. The first kappa shape index (κ1) is 21.2. The van der Waals surface area contributed by atoms with E-state index >= 15 is 0 Å². The van der Waals surface area contributed by atoms with E-state index in [0.717, 1.165) is 0 Å². The molecular formula is C19H20BrN3O5. The van der Waals surface area contributed by atoms with Crippen LogP contribution in [0.2, 0.25) is 0 Å². The SMILES string of the molecule is CCOc1ccc(NC(=O)CC(=O)NN=Cc2cc(Br)c(O)c(OC)c2)cc1. The number of anilines is 1. The van der Waals surface area contributed by atoms with Gasteiger partial charge in [-0.15, -0.1) is 0 Å². The number of carbonyl (C=O) groups is 2. The van der Waals surface area contributed by atoms with Gasteiger partial charge in [-0.3, -0.25) is 9.59 Å². The van der Waals surface area contributed by atoms with E-state index in [2.05, 4.69) is 31.8 Å². The topological polar surface area (TPSA) is 109 Å². The summed E-state index contributed by atoms with van der Waals surface area (Å²) >= 11 is 3.20. The number of hydrogen-bond donors (Lipinski definition) is 3. The highest BCUT2D eigenvalue weighted by atomic mass is 79.9. The maximum atomic E-state index is 11.9. The number of amides is 2. The van der Waals surface area contributed by atoms with Gasteiger partial charge in [0.1, 0.15) is 12.2 Å². The number of phenols is 1. The van der Waals surface area contributed by atoms with Gasteiger partial charge in [0.25, 0.3) is 0 Å². The van der Waals surface area contributed by atoms with Crippen LogP contribution in [0.25, 0.3) is 0 Å². The van der Waals surface area contributed by atoms with Crippen LogP contribution in [0.1, 0.15) is 18.9 Å². The Morgan fingerprint density at radius 1 is 1.21 bits per heavy atom. The Hall–Kier alpha value is -3.07. The second-order valence-electron chi connectivity index (χ2n) is 5.53. The minimum absolute atomic E-state index is 0.0327. The van der Waals surface area contributed by atoms with Gasteiger partial charge in [0, 0.05) is 5.69 Å². The molecule has 0 aliphatic heterocycles. The van der Waals surface area contributed by atoms with Crippen LogP contribution in [0.5, 0.6) is 17.2 Å². The van der Waals surface area contributed by atoms with Crippen LogP contribution in [-0.4, -0.2) is 36.9 Å². The second-order valence-corrected chi connectivity index (χ2v) is 6.38. The number of nitrogens with zero attached hydrogens (tertiary/aromatic N) is 1. The standard InChI is InChI=1S/C19H20BrN3O5/c1-3-28-14-6-4-13(5-7-14)22-17(24)10-18(25)23-21-11-12-8-15(20)19(26)16(9-12)27-2/h4-9,11,26H,3,10H2,1-2H3,(H,22,24)(H,23,25). The van der Waals surface area contributed by atoms with Gasteiger partial charge in [-0.05, 0) is 64.8 Å². The number of hydrogen-bond acceptors (Lipinski definition) is 6. The van der Waals surface area contributed by atoms with E-state index in [-0.39, 0.29) is 17.9 Å². The first-order valence-electron chi connectivity index (χ1n) is 8.34. The fourth-order valence-corrected chi connectivity index (χ4v) is 2.65. The van der Waals surface area contributed by atoms with E-state index in [1.807, 2.05) is 6.92 Å². The van der Waals surface area contributed by atoms with E-state index < -0.39 is 11.8 Å². The van der Waals surface area contributed by atoms with Crippen molar-refractivity contribution in [2.45, 2.75) is 13.3 Å². The van der Waals surface area contributed by atoms with Crippen molar-refractivity contribution in [1.29, 1.82) is 0 Å². The van der Waals surface area contributed by atoms with Crippen LogP contribution in [0, 0.1) is 0 Å². The lowest BCUT2D eigenvalue weighted by atomic mass is 10.2. The zero-order chi connectivity index (χ0) is 20.5. The fraction of sp³-hybridized carbons (Fsp3) is 0.211. The van der Waals surface area contributed by atoms with Gasteiger partial charge in [-0.2, -0.15) is 5.10 Å². The van der Waals surface area contributed by atoms with Crippen molar-refractivity contribution in [1.82, 2.24) is 5.43 Å². The van der Waals surface area contributed by atoms with Crippen molar-refractivity contribution in [2.75, 3.05) is 19.0 Å². The molecule has 0 bridgehead atoms. The highest BCUT2D eigenvalue weighted by Crippen LogP contribution is 2.34. The third kappa shape index (κ3) is 6.27. The Morgan fingerprint density at radius 3 is 2.57 bits per heavy atom. The van der Waals surface area contributed by atoms with E-state index in [0.29, 0.717) is 28.1 Å². The van der Waals surface area contributed by atoms with E-state index in [1.165, 1.54) is 13.3 Å². The van der Waals surface area contributed by atoms with Crippen LogP contribution < -0.4 is 20.2 Å². The minimum Gasteiger partial charge on any atom is -0.503 e. The first-order chi connectivity index (χ1) is 13.4. The third-order valence-corrected chi connectivity index (χ3v) is 4.05. The second kappa shape index (κ2) is 10.3. The van der Waals surface area contributed by atoms with E-state index in [9.17, 15) is 14.7 Å². The third-order valence-electron chi connectivity index (χ3n) is 3.44. The Morgan fingerprint density at radius 2 is 1.93 bits per heavy atom. The number of carbonyl (C=O) groups excluding carboxylic acids is 2. The lowest BCUT2D eigenvalue weighted by Crippen LogP contribution is -2.24. The van der Waals surface area contributed by atoms with Crippen LogP contribution >= 0.6 is 15.9 Å². The number of hydrazone groups is 1. The molecule has 0 aliphatic rings. The average molecular weight is 450 g/mol. The Kier molecular flexibility index (Phi) is 7.82. The predicted molar refractivity (Wildman–Crippen MR) is 109 cm³/mol. The van der Waals surface area contributed by atoms with Crippen molar-refractivity contribution in [3.05, 3.63) is 46.4 Å². The zero-order valence-electron chi connectivity index (χ0n) is 15.4. The molecule has 0 heterocycles. The van der Waals surface area contributed by atoms with Gasteiger partial charge < -0.3 is 19.9 Å². The molecule has 2 aromatic carbocycles. The van der Waals surface area contributed by atoms with Gasteiger partial charge in [-0.25, -0.2) is 5.43 Å². The van der Waals surface area contributed by atoms with Gasteiger partial charge >= 0.3 is 0 Å². The number of ether oxygens (including phenoxy) is 2. The summed E-state index contributed by atoms with van der Waals surface area (Å²) in [4.78, 5) is 23.8. The highest BCUT2D eigenvalue weighted by molar-refractivity contribution is 9.10. The van der Waals surface area contributed by atoms with Crippen molar-refractivity contribution in [3.8, 4) is 17.2 Å². The number of methoxy groups -OCH3 is 1. The molecule has 8 nitrogen and oxygen atoms in total. The molecule has 0 atom stereocenters. The fourth-order valence-electron chi connectivity index (χ4n) is 2.19. The smallest absolute Gasteiger partial charge is 0.249 e. The van der Waals surface area contributed by atoms with Crippen LogP contribution in [0.3, 0.4) is 0 Å². The molecule has 0 fully saturated rings. The summed E-state index contributed by atoms with van der Waals surface area (Å²) in [7, 11) is 1.42. The average Bonchev–Trinajstić information content (AvgIpc) is 2.66. The Labute approximate surface area is 170 Å². The number of rotatable bonds is 8. The molecule has 0 radical (unpaired) electrons. The maximum absolute atomic E-state index is 11.9. The van der Waals surface area contributed by atoms with Gasteiger partial charge in [0.15, 0.2) is 11.5 Å². The van der Waals surface area contributed by atoms with Crippen LogP contribution in [-0.2, 0) is 9.59 Å². The van der Waals surface area contributed by atoms with Crippen molar-refractivity contribution in [2.24, 2.45) is 5.10 Å². The number of phenolic OH excluding ortho intramolecular Hbond substituents is 1. The molecule has 0 aliphatic carbocycles. The molecule has 3 N–H and O–H groups in total. The molecule has 2 aromatic rings. The largest absolute Gasteiger partial charge is 0.503 e. The molecular weight excluding hydrogens is 430 g/mol. The van der Waals surface area contributed by atoms with Gasteiger partial charge in [0.05, 0.1) is 24.4 Å². The molecule has 148 valence electrons. The molecule has 9 heteroatoms. The van der Waals surface area contributed by atoms with Crippen molar-refractivity contribution < 1.29 is 24.2 Å². The van der Waals surface area contributed by atoms with E-state index in [1.54, 1.807) is 36.4 Å². The highest BCUT2D eigenvalue weighted by Gasteiger charge is 2.10. The summed E-state index contributed by atoms with van der Waals surface area (Å²) in [6, 6.07) is 9.99. The lowest BCUT2D eigenvalue weighted by Gasteiger charge is -2.07. The van der Waals surface area contributed by atoms with Crippen LogP contribution in [0.15, 0.2) is 46.0 Å². The predicted octanol–water partition coefficient (Wildman–Crippen LogP) is 3.04. The molecule has 2 amide bonds. The normalized spacial score (nSPS) is 10.5. The quantitative estimate of drug-likeness (QED) is 0.326. The number of aromatic hydroxyl groups is 1. The minimum atomic E-state index is -0.565. The molecule has 0 saturated heterocycles. The first-order valence-corrected chi connectivity index (χ1v) is 9.13. The summed E-state index contributed by atoms with van der Waals surface area (Å²) in [5.41, 5.74) is 3.42. The lowest BCUT2D eigenvalue weighted by molar-refractivity contribution is -0.126. The number of benzene rings is 2. The Balaban J connectivity index is 1.85. The Bertz CT molecular complexity index is 869. The zero-order valence-corrected chi connectivity index (χ0v) is 16.9. The van der Waals surface area contributed by atoms with Crippen molar-refractivity contribution >= 4 is 39.6 Å². The van der Waals surface area contributed by atoms with Crippen molar-refractivity contribution in [3.63, 3.8) is 0 Å². The van der Waals surface area contributed by atoms with Crippen LogP contribution in [0.4, 0.5) is 5.69 Å². The maximum Gasteiger partial charge on any atom is 0.249 e. The van der Waals surface area contributed by atoms with Gasteiger partial charge in [0.2, 0.25) is 11.8 Å². The monoisotopic (exact) mass is 449 g/mol. The summed E-state index contributed by atoms with van der Waals surface area (Å²) < 4.78 is 10.8. The summed E-state index contributed by atoms with van der Waals surface area (Å²) in [5.74, 6) is -0.105. The molecule has 0 aromatic heterocycles. The summed E-state index contributed by atoms with van der Waals surface area (Å²) in [5, 5.41) is 16.2. The molecule has 0 spiro atoms. The molecule has 0 saturated carbocycles. The number of nitrogens with one attached hydrogen (secondary N) is 2.